The molecule has 0 saturated heterocycles. The average Bonchev–Trinajstić information content (AvgIpc) is 2.95. The van der Waals surface area contributed by atoms with Crippen molar-refractivity contribution in [3.63, 3.8) is 0 Å². The summed E-state index contributed by atoms with van der Waals surface area (Å²) >= 11 is 2.90. The largest absolute Gasteiger partial charge is 0.494 e. The first kappa shape index (κ1) is 15.8. The van der Waals surface area contributed by atoms with Gasteiger partial charge in [0.05, 0.1) is 12.4 Å². The molecule has 5 nitrogen and oxygen atoms in total. The number of ketones is 1. The molecule has 1 aromatic heterocycles. The molecular formula is C14H17N3O2S2. The van der Waals surface area contributed by atoms with Gasteiger partial charge in [0.2, 0.25) is 5.13 Å². The number of aromatic nitrogens is 2. The Kier molecular flexibility index (Phi) is 5.58. The molecule has 0 bridgehead atoms. The van der Waals surface area contributed by atoms with Crippen molar-refractivity contribution in [2.75, 3.05) is 31.4 Å². The first-order chi connectivity index (χ1) is 10.1. The number of anilines is 1. The molecule has 21 heavy (non-hydrogen) atoms. The van der Waals surface area contributed by atoms with Crippen LogP contribution in [-0.4, -0.2) is 42.4 Å². The summed E-state index contributed by atoms with van der Waals surface area (Å²) in [6, 6.07) is 7.21. The third kappa shape index (κ3) is 4.44. The number of thioether (sulfide) groups is 1. The maximum atomic E-state index is 12.1. The Balaban J connectivity index is 1.91. The Bertz CT molecular complexity index is 597. The van der Waals surface area contributed by atoms with Crippen molar-refractivity contribution in [2.24, 2.45) is 0 Å². The van der Waals surface area contributed by atoms with Gasteiger partial charge in [-0.05, 0) is 31.2 Å². The minimum atomic E-state index is 0.0738. The van der Waals surface area contributed by atoms with Crippen molar-refractivity contribution >= 4 is 34.0 Å². The van der Waals surface area contributed by atoms with E-state index in [0.29, 0.717) is 17.9 Å². The molecule has 0 aliphatic rings. The number of carbonyl (C=O) groups is 1. The zero-order valence-corrected chi connectivity index (χ0v) is 13.8. The fraction of sp³-hybridized carbons (Fsp3) is 0.357. The third-order valence-corrected chi connectivity index (χ3v) is 4.82. The fourth-order valence-electron chi connectivity index (χ4n) is 1.56. The van der Waals surface area contributed by atoms with Crippen LogP contribution < -0.4 is 9.64 Å². The number of nitrogens with zero attached hydrogens (tertiary/aromatic N) is 3. The molecule has 0 spiro atoms. The summed E-state index contributed by atoms with van der Waals surface area (Å²) in [5.41, 5.74) is 0.684. The van der Waals surface area contributed by atoms with Crippen molar-refractivity contribution in [2.45, 2.75) is 11.3 Å². The molecule has 0 amide bonds. The molecule has 0 fully saturated rings. The van der Waals surface area contributed by atoms with Gasteiger partial charge >= 0.3 is 0 Å². The van der Waals surface area contributed by atoms with Gasteiger partial charge in [0.25, 0.3) is 0 Å². The molecule has 7 heteroatoms. The van der Waals surface area contributed by atoms with E-state index in [1.165, 1.54) is 23.1 Å². The van der Waals surface area contributed by atoms with E-state index >= 15 is 0 Å². The predicted molar refractivity (Wildman–Crippen MR) is 86.9 cm³/mol. The highest BCUT2D eigenvalue weighted by Crippen LogP contribution is 2.27. The van der Waals surface area contributed by atoms with Gasteiger partial charge in [-0.2, -0.15) is 0 Å². The molecule has 0 aliphatic heterocycles. The first-order valence-corrected chi connectivity index (χ1v) is 8.30. The number of hydrogen-bond donors (Lipinski definition) is 0. The maximum Gasteiger partial charge on any atom is 0.208 e. The van der Waals surface area contributed by atoms with Gasteiger partial charge in [-0.3, -0.25) is 4.79 Å². The standard InChI is InChI=1S/C14H17N3O2S2/c1-4-19-11-7-5-10(6-8-11)12(18)9-20-14-16-15-13(21-14)17(2)3/h5-8H,4,9H2,1-3H3. The second kappa shape index (κ2) is 7.42. The fourth-order valence-corrected chi connectivity index (χ4v) is 3.21. The first-order valence-electron chi connectivity index (χ1n) is 6.50. The summed E-state index contributed by atoms with van der Waals surface area (Å²) in [6.07, 6.45) is 0. The quantitative estimate of drug-likeness (QED) is 0.577. The molecule has 0 atom stereocenters. The number of ether oxygens (including phenoxy) is 1. The van der Waals surface area contributed by atoms with Crippen LogP contribution in [0.25, 0.3) is 0 Å². The Hall–Kier alpha value is -1.60. The van der Waals surface area contributed by atoms with Crippen LogP contribution in [0.15, 0.2) is 28.6 Å². The van der Waals surface area contributed by atoms with Gasteiger partial charge in [-0.25, -0.2) is 0 Å². The highest BCUT2D eigenvalue weighted by molar-refractivity contribution is 8.01. The number of hydrogen-bond acceptors (Lipinski definition) is 7. The number of rotatable bonds is 7. The zero-order chi connectivity index (χ0) is 15.2. The summed E-state index contributed by atoms with van der Waals surface area (Å²) in [7, 11) is 3.83. The lowest BCUT2D eigenvalue weighted by Crippen LogP contribution is -2.07. The normalized spacial score (nSPS) is 10.4. The van der Waals surface area contributed by atoms with E-state index in [4.69, 9.17) is 4.74 Å². The molecule has 0 radical (unpaired) electrons. The second-order valence-electron chi connectivity index (χ2n) is 4.41. The van der Waals surface area contributed by atoms with Crippen LogP contribution in [-0.2, 0) is 0 Å². The van der Waals surface area contributed by atoms with E-state index in [1.807, 2.05) is 38.1 Å². The molecule has 1 aromatic carbocycles. The molecule has 2 rings (SSSR count). The average molecular weight is 323 g/mol. The van der Waals surface area contributed by atoms with E-state index in [-0.39, 0.29) is 5.78 Å². The highest BCUT2D eigenvalue weighted by Gasteiger charge is 2.11. The zero-order valence-electron chi connectivity index (χ0n) is 12.2. The summed E-state index contributed by atoms with van der Waals surface area (Å²) in [6.45, 7) is 2.55. The van der Waals surface area contributed by atoms with Gasteiger partial charge in [0.15, 0.2) is 10.1 Å². The van der Waals surface area contributed by atoms with E-state index < -0.39 is 0 Å². The monoisotopic (exact) mass is 323 g/mol. The van der Waals surface area contributed by atoms with Crippen LogP contribution in [0.2, 0.25) is 0 Å². The molecule has 1 heterocycles. The smallest absolute Gasteiger partial charge is 0.208 e. The summed E-state index contributed by atoms with van der Waals surface area (Å²) in [4.78, 5) is 14.0. The molecule has 0 unspecified atom stereocenters. The lowest BCUT2D eigenvalue weighted by atomic mass is 10.1. The number of benzene rings is 1. The summed E-state index contributed by atoms with van der Waals surface area (Å²) in [5, 5.41) is 8.94. The Morgan fingerprint density at radius 2 is 2.00 bits per heavy atom. The SMILES string of the molecule is CCOc1ccc(C(=O)CSc2nnc(N(C)C)s2)cc1. The lowest BCUT2D eigenvalue weighted by Gasteiger charge is -2.04. The van der Waals surface area contributed by atoms with Crippen LogP contribution >= 0.6 is 23.1 Å². The molecular weight excluding hydrogens is 306 g/mol. The van der Waals surface area contributed by atoms with Gasteiger partial charge in [0.1, 0.15) is 5.75 Å². The Labute approximate surface area is 132 Å². The van der Waals surface area contributed by atoms with Crippen molar-refractivity contribution < 1.29 is 9.53 Å². The molecule has 0 saturated carbocycles. The van der Waals surface area contributed by atoms with E-state index in [1.54, 1.807) is 12.1 Å². The predicted octanol–water partition coefficient (Wildman–Crippen LogP) is 2.98. The van der Waals surface area contributed by atoms with Crippen LogP contribution in [0.3, 0.4) is 0 Å². The van der Waals surface area contributed by atoms with Crippen LogP contribution in [0.5, 0.6) is 5.75 Å². The van der Waals surface area contributed by atoms with Gasteiger partial charge < -0.3 is 9.64 Å². The van der Waals surface area contributed by atoms with Gasteiger partial charge in [-0.1, -0.05) is 23.1 Å². The topological polar surface area (TPSA) is 55.3 Å². The third-order valence-electron chi connectivity index (χ3n) is 2.59. The second-order valence-corrected chi connectivity index (χ2v) is 6.59. The minimum Gasteiger partial charge on any atom is -0.494 e. The Morgan fingerprint density at radius 3 is 2.57 bits per heavy atom. The van der Waals surface area contributed by atoms with Crippen LogP contribution in [0.1, 0.15) is 17.3 Å². The van der Waals surface area contributed by atoms with E-state index in [2.05, 4.69) is 10.2 Å². The minimum absolute atomic E-state index is 0.0738. The maximum absolute atomic E-state index is 12.1. The van der Waals surface area contributed by atoms with Crippen LogP contribution in [0, 0.1) is 0 Å². The van der Waals surface area contributed by atoms with Crippen molar-refractivity contribution in [1.29, 1.82) is 0 Å². The molecule has 0 N–H and O–H groups in total. The van der Waals surface area contributed by atoms with Crippen molar-refractivity contribution in [3.8, 4) is 5.75 Å². The molecule has 112 valence electrons. The van der Waals surface area contributed by atoms with E-state index in [9.17, 15) is 4.79 Å². The highest BCUT2D eigenvalue weighted by atomic mass is 32.2. The molecule has 2 aromatic rings. The van der Waals surface area contributed by atoms with E-state index in [0.717, 1.165) is 15.2 Å². The van der Waals surface area contributed by atoms with Crippen molar-refractivity contribution in [3.05, 3.63) is 29.8 Å². The van der Waals surface area contributed by atoms with Gasteiger partial charge in [0, 0.05) is 19.7 Å². The number of Topliss-reactive ketones (excluding diaryl/α,β-unsaturated/α-hetero) is 1. The summed E-state index contributed by atoms with van der Waals surface area (Å²) in [5.74, 6) is 1.21. The van der Waals surface area contributed by atoms with Crippen LogP contribution in [0.4, 0.5) is 5.13 Å². The lowest BCUT2D eigenvalue weighted by molar-refractivity contribution is 0.102. The summed E-state index contributed by atoms with van der Waals surface area (Å²) < 4.78 is 6.16. The number of carbonyl (C=O) groups excluding carboxylic acids is 1. The van der Waals surface area contributed by atoms with Gasteiger partial charge in [-0.15, -0.1) is 10.2 Å². The Morgan fingerprint density at radius 1 is 1.29 bits per heavy atom. The molecule has 0 aliphatic carbocycles. The van der Waals surface area contributed by atoms with Crippen molar-refractivity contribution in [1.82, 2.24) is 10.2 Å².